The van der Waals surface area contributed by atoms with Crippen LogP contribution in [0, 0.1) is 10.1 Å². The lowest BCUT2D eigenvalue weighted by Crippen LogP contribution is -2.13. The zero-order chi connectivity index (χ0) is 23.4. The number of nitrogens with zero attached hydrogens (tertiary/aromatic N) is 2. The number of benzene rings is 3. The van der Waals surface area contributed by atoms with Crippen molar-refractivity contribution in [3.05, 3.63) is 94.0 Å². The average molecular weight is 464 g/mol. The molecule has 0 aliphatic heterocycles. The van der Waals surface area contributed by atoms with Crippen molar-refractivity contribution in [3.63, 3.8) is 0 Å². The first-order valence-electron chi connectivity index (χ1n) is 8.89. The van der Waals surface area contributed by atoms with Crippen LogP contribution in [0.25, 0.3) is 0 Å². The fraction of sp³-hybridized carbons (Fsp3) is 0.0500. The summed E-state index contributed by atoms with van der Waals surface area (Å²) in [6.07, 6.45) is -3.29. The second kappa shape index (κ2) is 9.06. The lowest BCUT2D eigenvalue weighted by atomic mass is 10.1. The molecule has 8 nitrogen and oxygen atoms in total. The number of rotatable bonds is 7. The van der Waals surface area contributed by atoms with E-state index in [4.69, 9.17) is 0 Å². The molecule has 12 heteroatoms. The molecule has 0 unspecified atom stereocenters. The minimum absolute atomic E-state index is 0.100. The van der Waals surface area contributed by atoms with Crippen LogP contribution in [-0.2, 0) is 16.2 Å². The number of halogens is 3. The molecular weight excluding hydrogens is 449 g/mol. The van der Waals surface area contributed by atoms with Gasteiger partial charge in [-0.3, -0.25) is 20.3 Å². The van der Waals surface area contributed by atoms with Crippen LogP contribution >= 0.6 is 0 Å². The number of sulfonamides is 1. The Kier molecular flexibility index (Phi) is 6.44. The third-order valence-corrected chi connectivity index (χ3v) is 5.52. The summed E-state index contributed by atoms with van der Waals surface area (Å²) in [5, 5.41) is 15.2. The van der Waals surface area contributed by atoms with Gasteiger partial charge in [-0.15, -0.1) is 0 Å². The Morgan fingerprint density at radius 3 is 2.22 bits per heavy atom. The van der Waals surface area contributed by atoms with Gasteiger partial charge in [-0.2, -0.15) is 18.3 Å². The summed E-state index contributed by atoms with van der Waals surface area (Å²) in [5.41, 5.74) is 1.54. The van der Waals surface area contributed by atoms with Gasteiger partial charge in [-0.25, -0.2) is 8.42 Å². The summed E-state index contributed by atoms with van der Waals surface area (Å²) >= 11 is 0. The van der Waals surface area contributed by atoms with E-state index in [1.165, 1.54) is 36.5 Å². The lowest BCUT2D eigenvalue weighted by molar-refractivity contribution is -0.384. The molecule has 2 N–H and O–H groups in total. The van der Waals surface area contributed by atoms with E-state index in [2.05, 4.69) is 15.2 Å². The molecule has 3 aromatic carbocycles. The Bertz CT molecular complexity index is 1250. The van der Waals surface area contributed by atoms with Gasteiger partial charge in [-0.1, -0.05) is 30.3 Å². The number of hydrogen-bond donors (Lipinski definition) is 2. The van der Waals surface area contributed by atoms with Gasteiger partial charge in [0, 0.05) is 11.8 Å². The van der Waals surface area contributed by atoms with Crippen LogP contribution in [0.15, 0.2) is 82.8 Å². The van der Waals surface area contributed by atoms with Crippen LogP contribution < -0.4 is 10.1 Å². The molecule has 0 radical (unpaired) electrons. The molecule has 0 aromatic heterocycles. The summed E-state index contributed by atoms with van der Waals surface area (Å²) in [6, 6.07) is 15.3. The summed E-state index contributed by atoms with van der Waals surface area (Å²) in [7, 11) is -4.08. The van der Waals surface area contributed by atoms with E-state index >= 15 is 0 Å². The highest BCUT2D eigenvalue weighted by Gasteiger charge is 2.29. The van der Waals surface area contributed by atoms with Crippen molar-refractivity contribution in [2.24, 2.45) is 5.10 Å². The first kappa shape index (κ1) is 22.7. The van der Waals surface area contributed by atoms with Gasteiger partial charge in [-0.05, 0) is 42.0 Å². The average Bonchev–Trinajstić information content (AvgIpc) is 2.74. The Hall–Kier alpha value is -3.93. The summed E-state index contributed by atoms with van der Waals surface area (Å²) in [6.45, 7) is 0. The second-order valence-corrected chi connectivity index (χ2v) is 8.08. The van der Waals surface area contributed by atoms with Gasteiger partial charge >= 0.3 is 6.18 Å². The van der Waals surface area contributed by atoms with Crippen molar-refractivity contribution in [2.45, 2.75) is 11.1 Å². The first-order valence-corrected chi connectivity index (χ1v) is 10.4. The van der Waals surface area contributed by atoms with Gasteiger partial charge in [0.25, 0.3) is 15.7 Å². The number of hydrogen-bond acceptors (Lipinski definition) is 6. The third-order valence-electron chi connectivity index (χ3n) is 4.14. The van der Waals surface area contributed by atoms with E-state index in [-0.39, 0.29) is 10.6 Å². The number of nitro groups is 1. The number of para-hydroxylation sites is 1. The summed E-state index contributed by atoms with van der Waals surface area (Å²) < 4.78 is 65.1. The second-order valence-electron chi connectivity index (χ2n) is 6.40. The van der Waals surface area contributed by atoms with Crippen LogP contribution in [-0.4, -0.2) is 19.6 Å². The Balaban J connectivity index is 1.79. The molecule has 0 saturated heterocycles. The molecule has 0 atom stereocenters. The van der Waals surface area contributed by atoms with E-state index in [1.807, 2.05) is 0 Å². The van der Waals surface area contributed by atoms with Crippen LogP contribution in [0.5, 0.6) is 0 Å². The summed E-state index contributed by atoms with van der Waals surface area (Å²) in [5.74, 6) is 0. The normalized spacial score (nSPS) is 12.0. The van der Waals surface area contributed by atoms with E-state index in [0.717, 1.165) is 24.3 Å². The standard InChI is InChI=1S/C20H15F3N4O4S/c21-20(22,23)15-8-6-14(7-9-15)13-24-25-18-11-10-17(12-19(18)27(28)29)32(30,31)26-16-4-2-1-3-5-16/h1-13,25-26H. The van der Waals surface area contributed by atoms with E-state index in [0.29, 0.717) is 11.3 Å². The molecule has 0 aliphatic carbocycles. The highest BCUT2D eigenvalue weighted by molar-refractivity contribution is 7.92. The van der Waals surface area contributed by atoms with Crippen molar-refractivity contribution >= 4 is 33.3 Å². The molecule has 32 heavy (non-hydrogen) atoms. The maximum Gasteiger partial charge on any atom is 0.416 e. The molecule has 0 aliphatic rings. The highest BCUT2D eigenvalue weighted by atomic mass is 32.2. The van der Waals surface area contributed by atoms with Gasteiger partial charge in [0.2, 0.25) is 0 Å². The number of nitro benzene ring substituents is 1. The van der Waals surface area contributed by atoms with Crippen LogP contribution in [0.2, 0.25) is 0 Å². The van der Waals surface area contributed by atoms with Crippen LogP contribution in [0.3, 0.4) is 0 Å². The van der Waals surface area contributed by atoms with Crippen LogP contribution in [0.1, 0.15) is 11.1 Å². The number of alkyl halides is 3. The van der Waals surface area contributed by atoms with E-state index < -0.39 is 32.4 Å². The Morgan fingerprint density at radius 1 is 0.969 bits per heavy atom. The van der Waals surface area contributed by atoms with Crippen LogP contribution in [0.4, 0.5) is 30.2 Å². The van der Waals surface area contributed by atoms with E-state index in [1.54, 1.807) is 18.2 Å². The minimum atomic E-state index is -4.47. The zero-order valence-corrected chi connectivity index (χ0v) is 16.9. The van der Waals surface area contributed by atoms with Crippen molar-refractivity contribution in [1.82, 2.24) is 0 Å². The van der Waals surface area contributed by atoms with Gasteiger partial charge in [0.05, 0.1) is 21.6 Å². The van der Waals surface area contributed by atoms with Crippen molar-refractivity contribution in [3.8, 4) is 0 Å². The molecule has 0 fully saturated rings. The van der Waals surface area contributed by atoms with Crippen molar-refractivity contribution in [2.75, 3.05) is 10.1 Å². The van der Waals surface area contributed by atoms with Gasteiger partial charge in [0.1, 0.15) is 5.69 Å². The lowest BCUT2D eigenvalue weighted by Gasteiger charge is -2.09. The van der Waals surface area contributed by atoms with Gasteiger partial charge in [0.15, 0.2) is 0 Å². The maximum atomic E-state index is 12.6. The molecule has 3 rings (SSSR count). The Labute approximate surface area is 180 Å². The Morgan fingerprint density at radius 2 is 1.62 bits per heavy atom. The largest absolute Gasteiger partial charge is 0.416 e. The molecule has 166 valence electrons. The molecule has 0 spiro atoms. The first-order chi connectivity index (χ1) is 15.1. The number of nitrogens with one attached hydrogen (secondary N) is 2. The third kappa shape index (κ3) is 5.60. The zero-order valence-electron chi connectivity index (χ0n) is 16.1. The van der Waals surface area contributed by atoms with Crippen molar-refractivity contribution < 1.29 is 26.5 Å². The predicted molar refractivity (Wildman–Crippen MR) is 113 cm³/mol. The van der Waals surface area contributed by atoms with Crippen molar-refractivity contribution in [1.29, 1.82) is 0 Å². The highest BCUT2D eigenvalue weighted by Crippen LogP contribution is 2.30. The SMILES string of the molecule is O=[N+]([O-])c1cc(S(=O)(=O)Nc2ccccc2)ccc1NN=Cc1ccc(C(F)(F)F)cc1. The monoisotopic (exact) mass is 464 g/mol. The quantitative estimate of drug-likeness (QED) is 0.295. The van der Waals surface area contributed by atoms with Gasteiger partial charge < -0.3 is 0 Å². The predicted octanol–water partition coefficient (Wildman–Crippen LogP) is 4.86. The maximum absolute atomic E-state index is 12.6. The molecule has 0 bridgehead atoms. The summed E-state index contributed by atoms with van der Waals surface area (Å²) in [4.78, 5) is 10.3. The fourth-order valence-electron chi connectivity index (χ4n) is 2.58. The smallest absolute Gasteiger partial charge is 0.280 e. The molecule has 3 aromatic rings. The molecule has 0 heterocycles. The number of hydrazone groups is 1. The molecular formula is C20H15F3N4O4S. The molecule has 0 saturated carbocycles. The minimum Gasteiger partial charge on any atom is -0.280 e. The fourth-order valence-corrected chi connectivity index (χ4v) is 3.66. The number of anilines is 2. The topological polar surface area (TPSA) is 114 Å². The molecule has 0 amide bonds. The van der Waals surface area contributed by atoms with E-state index in [9.17, 15) is 31.7 Å².